The molecule has 13 heavy (non-hydrogen) atoms. The Morgan fingerprint density at radius 3 is 2.38 bits per heavy atom. The SMILES string of the molecule is CCCC(O)COCCC(C)(C)C. The molecule has 1 N–H and O–H groups in total. The van der Waals surface area contributed by atoms with Gasteiger partial charge in [-0.1, -0.05) is 34.1 Å². The maximum Gasteiger partial charge on any atom is 0.0773 e. The first-order valence-corrected chi connectivity index (χ1v) is 5.21. The molecule has 0 spiro atoms. The summed E-state index contributed by atoms with van der Waals surface area (Å²) in [7, 11) is 0. The molecule has 1 atom stereocenters. The van der Waals surface area contributed by atoms with Gasteiger partial charge < -0.3 is 9.84 Å². The third-order valence-corrected chi connectivity index (χ3v) is 1.93. The van der Waals surface area contributed by atoms with Crippen LogP contribution in [0, 0.1) is 5.41 Å². The Labute approximate surface area is 82.3 Å². The molecule has 0 bridgehead atoms. The fraction of sp³-hybridized carbons (Fsp3) is 1.00. The number of hydrogen-bond acceptors (Lipinski definition) is 2. The molecule has 0 amide bonds. The van der Waals surface area contributed by atoms with E-state index in [1.807, 2.05) is 0 Å². The van der Waals surface area contributed by atoms with Crippen molar-refractivity contribution in [2.45, 2.75) is 53.1 Å². The molecule has 0 aliphatic heterocycles. The van der Waals surface area contributed by atoms with Gasteiger partial charge in [-0.25, -0.2) is 0 Å². The Morgan fingerprint density at radius 2 is 1.92 bits per heavy atom. The predicted octanol–water partition coefficient (Wildman–Crippen LogP) is 2.60. The second kappa shape index (κ2) is 6.39. The van der Waals surface area contributed by atoms with Gasteiger partial charge in [-0.2, -0.15) is 0 Å². The van der Waals surface area contributed by atoms with Crippen molar-refractivity contribution in [3.05, 3.63) is 0 Å². The lowest BCUT2D eigenvalue weighted by molar-refractivity contribution is 0.0231. The molecule has 0 saturated carbocycles. The minimum absolute atomic E-state index is 0.273. The van der Waals surface area contributed by atoms with E-state index in [0.717, 1.165) is 25.9 Å². The van der Waals surface area contributed by atoms with Crippen LogP contribution in [0.1, 0.15) is 47.0 Å². The van der Waals surface area contributed by atoms with Crippen LogP contribution in [-0.2, 0) is 4.74 Å². The van der Waals surface area contributed by atoms with E-state index in [0.29, 0.717) is 12.0 Å². The van der Waals surface area contributed by atoms with Gasteiger partial charge in [0, 0.05) is 6.61 Å². The third kappa shape index (κ3) is 9.84. The smallest absolute Gasteiger partial charge is 0.0773 e. The van der Waals surface area contributed by atoms with Gasteiger partial charge in [0.2, 0.25) is 0 Å². The van der Waals surface area contributed by atoms with Crippen LogP contribution in [0.25, 0.3) is 0 Å². The summed E-state index contributed by atoms with van der Waals surface area (Å²) >= 11 is 0. The second-order valence-electron chi connectivity index (χ2n) is 4.83. The first-order chi connectivity index (χ1) is 5.95. The Bertz CT molecular complexity index is 116. The fourth-order valence-corrected chi connectivity index (χ4v) is 1.01. The summed E-state index contributed by atoms with van der Waals surface area (Å²) in [6.45, 7) is 9.89. The van der Waals surface area contributed by atoms with Crippen molar-refractivity contribution < 1.29 is 9.84 Å². The van der Waals surface area contributed by atoms with E-state index in [1.165, 1.54) is 0 Å². The molecule has 0 aliphatic carbocycles. The first kappa shape index (κ1) is 12.9. The van der Waals surface area contributed by atoms with Crippen molar-refractivity contribution in [2.75, 3.05) is 13.2 Å². The van der Waals surface area contributed by atoms with Crippen molar-refractivity contribution >= 4 is 0 Å². The highest BCUT2D eigenvalue weighted by molar-refractivity contribution is 4.60. The Balaban J connectivity index is 3.25. The second-order valence-corrected chi connectivity index (χ2v) is 4.83. The monoisotopic (exact) mass is 188 g/mol. The summed E-state index contributed by atoms with van der Waals surface area (Å²) in [5.74, 6) is 0. The summed E-state index contributed by atoms with van der Waals surface area (Å²) < 4.78 is 5.37. The Hall–Kier alpha value is -0.0800. The van der Waals surface area contributed by atoms with Crippen LogP contribution in [0.2, 0.25) is 0 Å². The van der Waals surface area contributed by atoms with E-state index in [1.54, 1.807) is 0 Å². The van der Waals surface area contributed by atoms with Crippen LogP contribution in [0.4, 0.5) is 0 Å². The van der Waals surface area contributed by atoms with Crippen LogP contribution < -0.4 is 0 Å². The highest BCUT2D eigenvalue weighted by Crippen LogP contribution is 2.17. The highest BCUT2D eigenvalue weighted by atomic mass is 16.5. The van der Waals surface area contributed by atoms with E-state index in [4.69, 9.17) is 4.74 Å². The molecular formula is C11H24O2. The standard InChI is InChI=1S/C11H24O2/c1-5-6-10(12)9-13-8-7-11(2,3)4/h10,12H,5-9H2,1-4H3. The zero-order valence-electron chi connectivity index (χ0n) is 9.47. The van der Waals surface area contributed by atoms with Gasteiger partial charge in [0.1, 0.15) is 0 Å². The summed E-state index contributed by atoms with van der Waals surface area (Å²) in [6.07, 6.45) is 2.63. The molecule has 0 aromatic carbocycles. The normalized spacial score (nSPS) is 14.5. The summed E-state index contributed by atoms with van der Waals surface area (Å²) in [5, 5.41) is 9.35. The summed E-state index contributed by atoms with van der Waals surface area (Å²) in [4.78, 5) is 0. The molecule has 0 saturated heterocycles. The van der Waals surface area contributed by atoms with Crippen LogP contribution >= 0.6 is 0 Å². The molecule has 0 rings (SSSR count). The van der Waals surface area contributed by atoms with Gasteiger partial charge in [0.15, 0.2) is 0 Å². The zero-order valence-corrected chi connectivity index (χ0v) is 9.47. The molecule has 0 radical (unpaired) electrons. The van der Waals surface area contributed by atoms with Crippen molar-refractivity contribution in [2.24, 2.45) is 5.41 Å². The van der Waals surface area contributed by atoms with E-state index < -0.39 is 0 Å². The van der Waals surface area contributed by atoms with Gasteiger partial charge in [-0.05, 0) is 18.3 Å². The van der Waals surface area contributed by atoms with Gasteiger partial charge in [0.25, 0.3) is 0 Å². The lowest BCUT2D eigenvalue weighted by Crippen LogP contribution is -2.17. The molecule has 1 unspecified atom stereocenters. The quantitative estimate of drug-likeness (QED) is 0.649. The van der Waals surface area contributed by atoms with Gasteiger partial charge >= 0.3 is 0 Å². The summed E-state index contributed by atoms with van der Waals surface area (Å²) in [6, 6.07) is 0. The molecule has 0 aliphatic rings. The minimum atomic E-state index is -0.273. The van der Waals surface area contributed by atoms with E-state index in [9.17, 15) is 5.11 Å². The number of aliphatic hydroxyl groups excluding tert-OH is 1. The molecule has 2 nitrogen and oxygen atoms in total. The van der Waals surface area contributed by atoms with Crippen molar-refractivity contribution in [1.82, 2.24) is 0 Å². The van der Waals surface area contributed by atoms with Crippen LogP contribution in [0.15, 0.2) is 0 Å². The molecule has 0 aromatic heterocycles. The average Bonchev–Trinajstić information content (AvgIpc) is 1.97. The zero-order chi connectivity index (χ0) is 10.3. The average molecular weight is 188 g/mol. The third-order valence-electron chi connectivity index (χ3n) is 1.93. The lowest BCUT2D eigenvalue weighted by atomic mass is 9.93. The number of hydrogen-bond donors (Lipinski definition) is 1. The largest absolute Gasteiger partial charge is 0.391 e. The van der Waals surface area contributed by atoms with Gasteiger partial charge in [-0.3, -0.25) is 0 Å². The Kier molecular flexibility index (Phi) is 6.35. The van der Waals surface area contributed by atoms with Crippen molar-refractivity contribution in [3.8, 4) is 0 Å². The summed E-state index contributed by atoms with van der Waals surface area (Å²) in [5.41, 5.74) is 0.329. The topological polar surface area (TPSA) is 29.5 Å². The Morgan fingerprint density at radius 1 is 1.31 bits per heavy atom. The van der Waals surface area contributed by atoms with E-state index in [2.05, 4.69) is 27.7 Å². The number of rotatable bonds is 6. The molecule has 2 heteroatoms. The van der Waals surface area contributed by atoms with Crippen molar-refractivity contribution in [3.63, 3.8) is 0 Å². The molecule has 80 valence electrons. The highest BCUT2D eigenvalue weighted by Gasteiger charge is 2.10. The molecular weight excluding hydrogens is 164 g/mol. The minimum Gasteiger partial charge on any atom is -0.391 e. The van der Waals surface area contributed by atoms with Crippen molar-refractivity contribution in [1.29, 1.82) is 0 Å². The molecule has 0 aromatic rings. The number of ether oxygens (including phenoxy) is 1. The van der Waals surface area contributed by atoms with Crippen LogP contribution in [0.5, 0.6) is 0 Å². The maximum atomic E-state index is 9.35. The molecule has 0 fully saturated rings. The number of aliphatic hydroxyl groups is 1. The fourth-order valence-electron chi connectivity index (χ4n) is 1.01. The van der Waals surface area contributed by atoms with E-state index >= 15 is 0 Å². The molecule has 0 heterocycles. The van der Waals surface area contributed by atoms with Gasteiger partial charge in [-0.15, -0.1) is 0 Å². The maximum absolute atomic E-state index is 9.35. The van der Waals surface area contributed by atoms with Crippen LogP contribution in [-0.4, -0.2) is 24.4 Å². The first-order valence-electron chi connectivity index (χ1n) is 5.21. The van der Waals surface area contributed by atoms with Crippen LogP contribution in [0.3, 0.4) is 0 Å². The lowest BCUT2D eigenvalue weighted by Gasteiger charge is -2.18. The predicted molar refractivity (Wildman–Crippen MR) is 55.8 cm³/mol. The van der Waals surface area contributed by atoms with E-state index in [-0.39, 0.29) is 6.10 Å². The van der Waals surface area contributed by atoms with Gasteiger partial charge in [0.05, 0.1) is 12.7 Å².